The molecule has 3 aromatic rings. The number of thiazole rings is 1. The highest BCUT2D eigenvalue weighted by molar-refractivity contribution is 7.13. The van der Waals surface area contributed by atoms with Crippen LogP contribution < -0.4 is 10.1 Å². The molecule has 10 heteroatoms. The topological polar surface area (TPSA) is 72.3 Å². The number of halogens is 2. The molecule has 1 saturated carbocycles. The summed E-state index contributed by atoms with van der Waals surface area (Å²) >= 11 is 1.40. The van der Waals surface area contributed by atoms with Gasteiger partial charge in [-0.25, -0.2) is 13.8 Å². The summed E-state index contributed by atoms with van der Waals surface area (Å²) in [6.45, 7) is 3.19. The van der Waals surface area contributed by atoms with Crippen LogP contribution in [0.3, 0.4) is 0 Å². The lowest BCUT2D eigenvalue weighted by molar-refractivity contribution is -0.122. The van der Waals surface area contributed by atoms with E-state index < -0.39 is 12.5 Å². The van der Waals surface area contributed by atoms with E-state index in [-0.39, 0.29) is 18.5 Å². The average molecular weight is 518 g/mol. The number of amides is 1. The molecule has 1 aliphatic heterocycles. The molecule has 1 aromatic carbocycles. The van der Waals surface area contributed by atoms with Crippen molar-refractivity contribution in [1.82, 2.24) is 25.0 Å². The second kappa shape index (κ2) is 10.8. The Balaban J connectivity index is 1.02. The van der Waals surface area contributed by atoms with Crippen molar-refractivity contribution < 1.29 is 18.3 Å². The molecule has 1 fully saturated rings. The molecular weight excluding hydrogens is 484 g/mol. The van der Waals surface area contributed by atoms with Gasteiger partial charge >= 0.3 is 0 Å². The molecule has 1 N–H and O–H groups in total. The molecule has 36 heavy (non-hydrogen) atoms. The average Bonchev–Trinajstić information content (AvgIpc) is 3.45. The van der Waals surface area contributed by atoms with Crippen molar-refractivity contribution >= 4 is 28.1 Å². The predicted octanol–water partition coefficient (Wildman–Crippen LogP) is 4.65. The summed E-state index contributed by atoms with van der Waals surface area (Å²) in [7, 11) is 0. The number of hydrogen-bond donors (Lipinski definition) is 1. The standard InChI is InChI=1S/C26H33F2N5O2S/c1-26(27,28)17-35-25-31-21-15-32(13-11-23(21)36-25)12-10-18-6-8-20(9-7-18)30-24(34)16-33-22-5-3-2-4-19(22)14-29-33/h2-5,14,18,20H,6-13,15-17H2,1H3,(H,30,34)/t18-,20-. The molecule has 1 amide bonds. The van der Waals surface area contributed by atoms with E-state index in [2.05, 4.69) is 20.3 Å². The first-order chi connectivity index (χ1) is 17.3. The van der Waals surface area contributed by atoms with Gasteiger partial charge in [-0.15, -0.1) is 0 Å². The summed E-state index contributed by atoms with van der Waals surface area (Å²) in [5, 5.41) is 8.95. The third-order valence-electron chi connectivity index (χ3n) is 7.15. The van der Waals surface area contributed by atoms with Crippen molar-refractivity contribution in [1.29, 1.82) is 0 Å². The lowest BCUT2D eigenvalue weighted by atomic mass is 9.84. The lowest BCUT2D eigenvalue weighted by Gasteiger charge is -2.32. The fraction of sp³-hybridized carbons (Fsp3) is 0.577. The van der Waals surface area contributed by atoms with Gasteiger partial charge in [0.1, 0.15) is 6.54 Å². The van der Waals surface area contributed by atoms with Gasteiger partial charge in [0.25, 0.3) is 11.1 Å². The van der Waals surface area contributed by atoms with Gasteiger partial charge in [-0.05, 0) is 57.1 Å². The van der Waals surface area contributed by atoms with Crippen LogP contribution in [0.4, 0.5) is 8.78 Å². The van der Waals surface area contributed by atoms with E-state index >= 15 is 0 Å². The number of alkyl halides is 2. The zero-order chi connectivity index (χ0) is 25.1. The molecule has 0 saturated heterocycles. The van der Waals surface area contributed by atoms with Gasteiger partial charge in [-0.2, -0.15) is 5.10 Å². The molecule has 2 aromatic heterocycles. The predicted molar refractivity (Wildman–Crippen MR) is 135 cm³/mol. The highest BCUT2D eigenvalue weighted by atomic mass is 32.1. The van der Waals surface area contributed by atoms with Crippen molar-refractivity contribution in [3.8, 4) is 5.19 Å². The quantitative estimate of drug-likeness (QED) is 0.447. The monoisotopic (exact) mass is 517 g/mol. The van der Waals surface area contributed by atoms with E-state index in [1.807, 2.05) is 24.3 Å². The zero-order valence-corrected chi connectivity index (χ0v) is 21.4. The summed E-state index contributed by atoms with van der Waals surface area (Å²) in [6.07, 6.45) is 8.08. The third-order valence-corrected chi connectivity index (χ3v) is 8.22. The van der Waals surface area contributed by atoms with Crippen molar-refractivity contribution in [2.45, 2.75) is 70.5 Å². The molecule has 1 aliphatic carbocycles. The van der Waals surface area contributed by atoms with E-state index in [1.54, 1.807) is 10.9 Å². The van der Waals surface area contributed by atoms with Crippen LogP contribution in [0.2, 0.25) is 0 Å². The van der Waals surface area contributed by atoms with Crippen molar-refractivity contribution in [2.24, 2.45) is 5.92 Å². The number of carbonyl (C=O) groups excluding carboxylic acids is 1. The molecule has 0 spiro atoms. The first-order valence-corrected chi connectivity index (χ1v) is 13.6. The van der Waals surface area contributed by atoms with Crippen LogP contribution in [0.15, 0.2) is 30.5 Å². The van der Waals surface area contributed by atoms with Crippen LogP contribution in [0.5, 0.6) is 5.19 Å². The Morgan fingerprint density at radius 1 is 1.25 bits per heavy atom. The Labute approximate surface area is 213 Å². The molecule has 5 rings (SSSR count). The second-order valence-corrected chi connectivity index (χ2v) is 11.2. The van der Waals surface area contributed by atoms with Crippen LogP contribution in [0, 0.1) is 5.92 Å². The SMILES string of the molecule is CC(F)(F)COc1nc2c(s1)CCN(CC[C@H]1CC[C@H](NC(=O)Cn3ncc4ccccc43)CC1)C2. The van der Waals surface area contributed by atoms with E-state index in [4.69, 9.17) is 4.74 Å². The maximum Gasteiger partial charge on any atom is 0.278 e. The number of nitrogens with one attached hydrogen (secondary N) is 1. The number of para-hydroxylation sites is 1. The highest BCUT2D eigenvalue weighted by Gasteiger charge is 2.27. The van der Waals surface area contributed by atoms with Crippen LogP contribution in [-0.2, 0) is 24.3 Å². The molecule has 0 radical (unpaired) electrons. The molecule has 0 atom stereocenters. The molecule has 0 bridgehead atoms. The highest BCUT2D eigenvalue weighted by Crippen LogP contribution is 2.32. The number of ether oxygens (including phenoxy) is 1. The fourth-order valence-corrected chi connectivity index (χ4v) is 6.10. The summed E-state index contributed by atoms with van der Waals surface area (Å²) < 4.78 is 33.1. The van der Waals surface area contributed by atoms with Crippen LogP contribution in [-0.4, -0.2) is 57.2 Å². The number of aromatic nitrogens is 3. The second-order valence-electron chi connectivity index (χ2n) is 10.2. The lowest BCUT2D eigenvalue weighted by Crippen LogP contribution is -2.40. The number of benzene rings is 1. The number of rotatable bonds is 9. The Hall–Kier alpha value is -2.59. The van der Waals surface area contributed by atoms with E-state index in [0.717, 1.165) is 86.6 Å². The van der Waals surface area contributed by atoms with Gasteiger partial charge in [0.15, 0.2) is 6.61 Å². The number of carbonyl (C=O) groups is 1. The summed E-state index contributed by atoms with van der Waals surface area (Å²) in [6, 6.07) is 8.15. The third kappa shape index (κ3) is 6.39. The van der Waals surface area contributed by atoms with Gasteiger partial charge in [0.05, 0.1) is 17.4 Å². The van der Waals surface area contributed by atoms with Crippen LogP contribution >= 0.6 is 11.3 Å². The molecule has 3 heterocycles. The summed E-state index contributed by atoms with van der Waals surface area (Å²) in [4.78, 5) is 20.6. The number of hydrogen-bond acceptors (Lipinski definition) is 6. The Bertz CT molecular complexity index is 1180. The van der Waals surface area contributed by atoms with Gasteiger partial charge in [0.2, 0.25) is 5.91 Å². The largest absolute Gasteiger partial charge is 0.464 e. The fourth-order valence-electron chi connectivity index (χ4n) is 5.19. The van der Waals surface area contributed by atoms with Crippen molar-refractivity contribution in [2.75, 3.05) is 19.7 Å². The molecule has 0 unspecified atom stereocenters. The van der Waals surface area contributed by atoms with E-state index in [1.165, 1.54) is 11.3 Å². The smallest absolute Gasteiger partial charge is 0.278 e. The van der Waals surface area contributed by atoms with Gasteiger partial charge in [-0.3, -0.25) is 14.4 Å². The molecule has 2 aliphatic rings. The summed E-state index contributed by atoms with van der Waals surface area (Å²) in [5.74, 6) is -2.17. The van der Waals surface area contributed by atoms with Gasteiger partial charge < -0.3 is 10.1 Å². The minimum atomic E-state index is -2.85. The van der Waals surface area contributed by atoms with Gasteiger partial charge in [0, 0.05) is 36.3 Å². The minimum absolute atomic E-state index is 0.0192. The Morgan fingerprint density at radius 2 is 2.06 bits per heavy atom. The van der Waals surface area contributed by atoms with Crippen molar-refractivity contribution in [3.05, 3.63) is 41.0 Å². The molecule has 194 valence electrons. The van der Waals surface area contributed by atoms with Crippen molar-refractivity contribution in [3.63, 3.8) is 0 Å². The maximum atomic E-state index is 13.1. The normalized spacial score (nSPS) is 20.9. The van der Waals surface area contributed by atoms with E-state index in [0.29, 0.717) is 11.1 Å². The Morgan fingerprint density at radius 3 is 2.86 bits per heavy atom. The zero-order valence-electron chi connectivity index (χ0n) is 20.6. The Kier molecular flexibility index (Phi) is 7.52. The number of nitrogens with zero attached hydrogens (tertiary/aromatic N) is 4. The first-order valence-electron chi connectivity index (χ1n) is 12.7. The van der Waals surface area contributed by atoms with Crippen LogP contribution in [0.25, 0.3) is 10.9 Å². The first kappa shape index (κ1) is 25.1. The molecule has 7 nitrogen and oxygen atoms in total. The molecular formula is C26H33F2N5O2S. The minimum Gasteiger partial charge on any atom is -0.464 e. The van der Waals surface area contributed by atoms with Crippen LogP contribution in [0.1, 0.15) is 49.6 Å². The number of fused-ring (bicyclic) bond motifs is 2. The summed E-state index contributed by atoms with van der Waals surface area (Å²) in [5.41, 5.74) is 1.95. The maximum absolute atomic E-state index is 13.1. The van der Waals surface area contributed by atoms with E-state index in [9.17, 15) is 13.6 Å². The van der Waals surface area contributed by atoms with Gasteiger partial charge in [-0.1, -0.05) is 29.5 Å².